The minimum Gasteiger partial charge on any atom is -0.497 e. The Bertz CT molecular complexity index is 909. The van der Waals surface area contributed by atoms with E-state index in [9.17, 15) is 0 Å². The van der Waals surface area contributed by atoms with Crippen molar-refractivity contribution in [2.75, 3.05) is 35.7 Å². The number of methoxy groups -OCH3 is 1. The summed E-state index contributed by atoms with van der Waals surface area (Å²) in [5.74, 6) is 1.85. The van der Waals surface area contributed by atoms with Crippen molar-refractivity contribution in [2.45, 2.75) is 20.8 Å². The summed E-state index contributed by atoms with van der Waals surface area (Å²) in [4.78, 5) is 6.82. The molecule has 0 aliphatic heterocycles. The lowest BCUT2D eigenvalue weighted by Gasteiger charge is -2.22. The molecule has 0 radical (unpaired) electrons. The molecular weight excluding hydrogens is 352 g/mol. The maximum atomic E-state index is 5.17. The average molecular weight is 378 g/mol. The Kier molecular flexibility index (Phi) is 6.26. The van der Waals surface area contributed by atoms with Crippen molar-refractivity contribution in [3.8, 4) is 5.75 Å². The SMILES string of the molecule is CCN(CC)c1ccc(Nc2cnnc(Nc3ccc(OC)cc3)n2)c(C)c1. The van der Waals surface area contributed by atoms with Gasteiger partial charge in [-0.05, 0) is 68.8 Å². The lowest BCUT2D eigenvalue weighted by molar-refractivity contribution is 0.415. The van der Waals surface area contributed by atoms with E-state index in [0.29, 0.717) is 11.8 Å². The van der Waals surface area contributed by atoms with Gasteiger partial charge in [0, 0.05) is 30.2 Å². The van der Waals surface area contributed by atoms with Crippen LogP contribution in [0.5, 0.6) is 5.75 Å². The summed E-state index contributed by atoms with van der Waals surface area (Å²) in [7, 11) is 1.64. The van der Waals surface area contributed by atoms with E-state index in [2.05, 4.69) is 69.7 Å². The Morgan fingerprint density at radius 3 is 2.39 bits per heavy atom. The Hall–Kier alpha value is -3.35. The third-order valence-corrected chi connectivity index (χ3v) is 4.51. The molecule has 7 heteroatoms. The molecule has 2 N–H and O–H groups in total. The standard InChI is InChI=1S/C21H26N6O/c1-5-27(6-2)17-9-12-19(15(3)13-17)24-20-14-22-26-21(25-20)23-16-7-10-18(28-4)11-8-16/h7-14H,5-6H2,1-4H3,(H2,23,24,25,26). The second-order valence-corrected chi connectivity index (χ2v) is 6.32. The summed E-state index contributed by atoms with van der Waals surface area (Å²) in [5.41, 5.74) is 4.22. The number of aromatic nitrogens is 3. The molecule has 2 aromatic carbocycles. The van der Waals surface area contributed by atoms with Crippen LogP contribution >= 0.6 is 0 Å². The molecule has 0 saturated heterocycles. The largest absolute Gasteiger partial charge is 0.497 e. The van der Waals surface area contributed by atoms with E-state index in [1.165, 1.54) is 5.69 Å². The number of nitrogens with zero attached hydrogens (tertiary/aromatic N) is 4. The fraction of sp³-hybridized carbons (Fsp3) is 0.286. The van der Waals surface area contributed by atoms with E-state index in [1.54, 1.807) is 13.3 Å². The fourth-order valence-corrected chi connectivity index (χ4v) is 2.93. The van der Waals surface area contributed by atoms with E-state index in [1.807, 2.05) is 24.3 Å². The van der Waals surface area contributed by atoms with E-state index in [4.69, 9.17) is 4.74 Å². The van der Waals surface area contributed by atoms with Gasteiger partial charge in [0.15, 0.2) is 5.82 Å². The third-order valence-electron chi connectivity index (χ3n) is 4.51. The molecule has 1 heterocycles. The third kappa shape index (κ3) is 4.68. The Morgan fingerprint density at radius 2 is 1.75 bits per heavy atom. The van der Waals surface area contributed by atoms with Crippen molar-refractivity contribution in [1.29, 1.82) is 0 Å². The highest BCUT2D eigenvalue weighted by Gasteiger charge is 2.07. The highest BCUT2D eigenvalue weighted by Crippen LogP contribution is 2.25. The lowest BCUT2D eigenvalue weighted by Crippen LogP contribution is -2.21. The van der Waals surface area contributed by atoms with Crippen LogP contribution < -0.4 is 20.3 Å². The first-order valence-corrected chi connectivity index (χ1v) is 9.36. The first-order valence-electron chi connectivity index (χ1n) is 9.36. The Balaban J connectivity index is 1.73. The summed E-state index contributed by atoms with van der Waals surface area (Å²) < 4.78 is 5.17. The molecule has 28 heavy (non-hydrogen) atoms. The van der Waals surface area contributed by atoms with Crippen LogP contribution in [0.1, 0.15) is 19.4 Å². The topological polar surface area (TPSA) is 75.2 Å². The maximum Gasteiger partial charge on any atom is 0.249 e. The lowest BCUT2D eigenvalue weighted by atomic mass is 10.1. The zero-order valence-corrected chi connectivity index (χ0v) is 16.7. The van der Waals surface area contributed by atoms with Crippen molar-refractivity contribution >= 4 is 28.8 Å². The number of ether oxygens (including phenoxy) is 1. The summed E-state index contributed by atoms with van der Waals surface area (Å²) in [6.45, 7) is 8.38. The zero-order chi connectivity index (χ0) is 19.9. The van der Waals surface area contributed by atoms with Crippen LogP contribution in [-0.2, 0) is 0 Å². The number of hydrogen-bond acceptors (Lipinski definition) is 7. The van der Waals surface area contributed by atoms with Gasteiger partial charge in [-0.2, -0.15) is 10.1 Å². The number of rotatable bonds is 8. The molecule has 0 saturated carbocycles. The van der Waals surface area contributed by atoms with Crippen LogP contribution in [0.4, 0.5) is 28.8 Å². The van der Waals surface area contributed by atoms with E-state index < -0.39 is 0 Å². The highest BCUT2D eigenvalue weighted by molar-refractivity contribution is 5.65. The Labute approximate surface area is 165 Å². The second-order valence-electron chi connectivity index (χ2n) is 6.32. The van der Waals surface area contributed by atoms with Crippen LogP contribution in [0.25, 0.3) is 0 Å². The first-order chi connectivity index (χ1) is 13.6. The van der Waals surface area contributed by atoms with Gasteiger partial charge >= 0.3 is 0 Å². The van der Waals surface area contributed by atoms with Gasteiger partial charge in [-0.15, -0.1) is 5.10 Å². The number of anilines is 5. The van der Waals surface area contributed by atoms with Crippen molar-refractivity contribution < 1.29 is 4.74 Å². The number of aryl methyl sites for hydroxylation is 1. The maximum absolute atomic E-state index is 5.17. The number of hydrogen-bond donors (Lipinski definition) is 2. The molecule has 3 rings (SSSR count). The molecule has 0 bridgehead atoms. The van der Waals surface area contributed by atoms with Gasteiger partial charge in [0.25, 0.3) is 0 Å². The summed E-state index contributed by atoms with van der Waals surface area (Å²) in [5, 5.41) is 14.6. The predicted molar refractivity (Wildman–Crippen MR) is 114 cm³/mol. The van der Waals surface area contributed by atoms with Gasteiger partial charge in [0.05, 0.1) is 13.3 Å². The minimum absolute atomic E-state index is 0.424. The Morgan fingerprint density at radius 1 is 1.00 bits per heavy atom. The molecule has 0 atom stereocenters. The van der Waals surface area contributed by atoms with Crippen LogP contribution in [0.2, 0.25) is 0 Å². The molecular formula is C21H26N6O. The number of nitrogens with one attached hydrogen (secondary N) is 2. The van der Waals surface area contributed by atoms with Crippen molar-refractivity contribution in [1.82, 2.24) is 15.2 Å². The molecule has 146 valence electrons. The summed E-state index contributed by atoms with van der Waals surface area (Å²) in [6, 6.07) is 13.9. The molecule has 3 aromatic rings. The predicted octanol–water partition coefficient (Wildman–Crippen LogP) is 4.52. The van der Waals surface area contributed by atoms with Crippen molar-refractivity contribution in [3.63, 3.8) is 0 Å². The molecule has 0 spiro atoms. The van der Waals surface area contributed by atoms with Crippen LogP contribution in [0.3, 0.4) is 0 Å². The second kappa shape index (κ2) is 9.03. The van der Waals surface area contributed by atoms with E-state index >= 15 is 0 Å². The van der Waals surface area contributed by atoms with E-state index in [-0.39, 0.29) is 0 Å². The number of benzene rings is 2. The van der Waals surface area contributed by atoms with Crippen LogP contribution in [0, 0.1) is 6.92 Å². The van der Waals surface area contributed by atoms with Gasteiger partial charge < -0.3 is 20.3 Å². The average Bonchev–Trinajstić information content (AvgIpc) is 2.72. The summed E-state index contributed by atoms with van der Waals surface area (Å²) in [6.07, 6.45) is 1.61. The molecule has 0 fully saturated rings. The molecule has 0 aliphatic carbocycles. The zero-order valence-electron chi connectivity index (χ0n) is 16.7. The van der Waals surface area contributed by atoms with Gasteiger partial charge in [-0.1, -0.05) is 0 Å². The summed E-state index contributed by atoms with van der Waals surface area (Å²) >= 11 is 0. The molecule has 7 nitrogen and oxygen atoms in total. The minimum atomic E-state index is 0.424. The van der Waals surface area contributed by atoms with Crippen molar-refractivity contribution in [3.05, 3.63) is 54.2 Å². The van der Waals surface area contributed by atoms with Crippen LogP contribution in [-0.4, -0.2) is 35.4 Å². The van der Waals surface area contributed by atoms with Crippen molar-refractivity contribution in [2.24, 2.45) is 0 Å². The van der Waals surface area contributed by atoms with Gasteiger partial charge in [0.2, 0.25) is 5.95 Å². The monoisotopic (exact) mass is 378 g/mol. The molecule has 0 amide bonds. The molecule has 0 unspecified atom stereocenters. The molecule has 1 aromatic heterocycles. The fourth-order valence-electron chi connectivity index (χ4n) is 2.93. The van der Waals surface area contributed by atoms with E-state index in [0.717, 1.165) is 35.8 Å². The smallest absolute Gasteiger partial charge is 0.249 e. The van der Waals surface area contributed by atoms with Gasteiger partial charge in [-0.25, -0.2) is 0 Å². The van der Waals surface area contributed by atoms with Gasteiger partial charge in [0.1, 0.15) is 5.75 Å². The highest BCUT2D eigenvalue weighted by atomic mass is 16.5. The molecule has 0 aliphatic rings. The van der Waals surface area contributed by atoms with Crippen LogP contribution in [0.15, 0.2) is 48.7 Å². The quantitative estimate of drug-likeness (QED) is 0.597. The first kappa shape index (κ1) is 19.4. The van der Waals surface area contributed by atoms with Gasteiger partial charge in [-0.3, -0.25) is 0 Å². The normalized spacial score (nSPS) is 10.4.